The van der Waals surface area contributed by atoms with Crippen molar-refractivity contribution in [2.24, 2.45) is 5.92 Å². The summed E-state index contributed by atoms with van der Waals surface area (Å²) in [6.07, 6.45) is 2.60. The molecule has 0 unspecified atom stereocenters. The minimum Gasteiger partial charge on any atom is -0.497 e. The molecule has 2 rings (SSSR count). The van der Waals surface area contributed by atoms with Crippen LogP contribution in [-0.2, 0) is 0 Å². The van der Waals surface area contributed by atoms with Gasteiger partial charge in [-0.15, -0.1) is 0 Å². The first-order valence-corrected chi connectivity index (χ1v) is 8.01. The fraction of sp³-hybridized carbons (Fsp3) is 0.647. The molecule has 4 heteroatoms. The molecule has 0 radical (unpaired) electrons. The molecule has 0 amide bonds. The second kappa shape index (κ2) is 8.90. The average molecular weight is 292 g/mol. The van der Waals surface area contributed by atoms with Crippen molar-refractivity contribution in [3.8, 4) is 11.5 Å². The monoisotopic (exact) mass is 292 g/mol. The first kappa shape index (κ1) is 16.1. The zero-order valence-electron chi connectivity index (χ0n) is 13.3. The molecule has 21 heavy (non-hydrogen) atoms. The molecule has 1 aromatic carbocycles. The summed E-state index contributed by atoms with van der Waals surface area (Å²) < 4.78 is 10.9. The van der Waals surface area contributed by atoms with E-state index >= 15 is 0 Å². The first-order valence-electron chi connectivity index (χ1n) is 8.01. The average Bonchev–Trinajstić information content (AvgIpc) is 2.55. The SMILES string of the molecule is CCNCC1CCN(CCOc2ccc(OC)cc2)CC1. The number of rotatable bonds is 8. The van der Waals surface area contributed by atoms with Crippen LogP contribution in [-0.4, -0.2) is 51.3 Å². The van der Waals surface area contributed by atoms with Crippen molar-refractivity contribution in [2.45, 2.75) is 19.8 Å². The van der Waals surface area contributed by atoms with Crippen LogP contribution in [0.2, 0.25) is 0 Å². The summed E-state index contributed by atoms with van der Waals surface area (Å²) in [5.74, 6) is 2.63. The highest BCUT2D eigenvalue weighted by molar-refractivity contribution is 5.31. The molecule has 0 aromatic heterocycles. The number of methoxy groups -OCH3 is 1. The van der Waals surface area contributed by atoms with Crippen LogP contribution in [0.3, 0.4) is 0 Å². The van der Waals surface area contributed by atoms with E-state index in [0.29, 0.717) is 0 Å². The minimum atomic E-state index is 0.754. The Labute approximate surface area is 128 Å². The third-order valence-electron chi connectivity index (χ3n) is 4.13. The Morgan fingerprint density at radius 2 is 1.81 bits per heavy atom. The summed E-state index contributed by atoms with van der Waals surface area (Å²) in [5.41, 5.74) is 0. The van der Waals surface area contributed by atoms with E-state index in [-0.39, 0.29) is 0 Å². The Morgan fingerprint density at radius 1 is 1.14 bits per heavy atom. The van der Waals surface area contributed by atoms with Crippen molar-refractivity contribution in [3.63, 3.8) is 0 Å². The molecule has 118 valence electrons. The standard InChI is InChI=1S/C17H28N2O2/c1-3-18-14-15-8-10-19(11-9-15)12-13-21-17-6-4-16(20-2)5-7-17/h4-7,15,18H,3,8-14H2,1-2H3. The second-order valence-electron chi connectivity index (χ2n) is 5.62. The lowest BCUT2D eigenvalue weighted by Crippen LogP contribution is -2.39. The van der Waals surface area contributed by atoms with Crippen LogP contribution in [0.25, 0.3) is 0 Å². The van der Waals surface area contributed by atoms with E-state index in [1.807, 2.05) is 24.3 Å². The van der Waals surface area contributed by atoms with Gasteiger partial charge in [-0.2, -0.15) is 0 Å². The quantitative estimate of drug-likeness (QED) is 0.798. The van der Waals surface area contributed by atoms with E-state index in [1.54, 1.807) is 7.11 Å². The number of piperidine rings is 1. The van der Waals surface area contributed by atoms with E-state index in [9.17, 15) is 0 Å². The van der Waals surface area contributed by atoms with Gasteiger partial charge in [0.25, 0.3) is 0 Å². The van der Waals surface area contributed by atoms with Crippen LogP contribution < -0.4 is 14.8 Å². The fourth-order valence-corrected chi connectivity index (χ4v) is 2.73. The molecule has 0 bridgehead atoms. The number of hydrogen-bond donors (Lipinski definition) is 1. The van der Waals surface area contributed by atoms with Gasteiger partial charge < -0.3 is 14.8 Å². The predicted octanol–water partition coefficient (Wildman–Crippen LogP) is 2.40. The van der Waals surface area contributed by atoms with Gasteiger partial charge in [0.05, 0.1) is 7.11 Å². The molecule has 1 aromatic rings. The largest absolute Gasteiger partial charge is 0.497 e. The Hall–Kier alpha value is -1.26. The van der Waals surface area contributed by atoms with E-state index in [0.717, 1.165) is 37.1 Å². The van der Waals surface area contributed by atoms with Gasteiger partial charge in [-0.1, -0.05) is 6.92 Å². The lowest BCUT2D eigenvalue weighted by Gasteiger charge is -2.31. The molecule has 0 atom stereocenters. The van der Waals surface area contributed by atoms with E-state index in [4.69, 9.17) is 9.47 Å². The van der Waals surface area contributed by atoms with Gasteiger partial charge in [0, 0.05) is 6.54 Å². The number of hydrogen-bond acceptors (Lipinski definition) is 4. The Kier molecular flexibility index (Phi) is 6.83. The summed E-state index contributed by atoms with van der Waals surface area (Å²) in [6, 6.07) is 7.78. The van der Waals surface area contributed by atoms with Crippen LogP contribution in [0.5, 0.6) is 11.5 Å². The Balaban J connectivity index is 1.61. The second-order valence-corrected chi connectivity index (χ2v) is 5.62. The fourth-order valence-electron chi connectivity index (χ4n) is 2.73. The van der Waals surface area contributed by atoms with Gasteiger partial charge in [0.1, 0.15) is 18.1 Å². The maximum Gasteiger partial charge on any atom is 0.119 e. The summed E-state index contributed by atoms with van der Waals surface area (Å²) >= 11 is 0. The molecule has 1 aliphatic heterocycles. The molecule has 1 N–H and O–H groups in total. The van der Waals surface area contributed by atoms with Gasteiger partial charge in [0.2, 0.25) is 0 Å². The maximum absolute atomic E-state index is 5.79. The van der Waals surface area contributed by atoms with Crippen LogP contribution in [0, 0.1) is 5.92 Å². The zero-order chi connectivity index (χ0) is 14.9. The number of ether oxygens (including phenoxy) is 2. The third kappa shape index (κ3) is 5.56. The van der Waals surface area contributed by atoms with Gasteiger partial charge in [-0.05, 0) is 69.2 Å². The summed E-state index contributed by atoms with van der Waals surface area (Å²) in [6.45, 7) is 8.59. The van der Waals surface area contributed by atoms with Crippen LogP contribution in [0.4, 0.5) is 0 Å². The van der Waals surface area contributed by atoms with Crippen molar-refractivity contribution >= 4 is 0 Å². The third-order valence-corrected chi connectivity index (χ3v) is 4.13. The predicted molar refractivity (Wildman–Crippen MR) is 86.2 cm³/mol. The number of likely N-dealkylation sites (tertiary alicyclic amines) is 1. The van der Waals surface area contributed by atoms with Crippen molar-refractivity contribution in [1.29, 1.82) is 0 Å². The van der Waals surface area contributed by atoms with Crippen LogP contribution in [0.1, 0.15) is 19.8 Å². The molecule has 1 heterocycles. The molecule has 1 fully saturated rings. The van der Waals surface area contributed by atoms with Crippen molar-refractivity contribution < 1.29 is 9.47 Å². The molecule has 4 nitrogen and oxygen atoms in total. The van der Waals surface area contributed by atoms with Crippen LogP contribution in [0.15, 0.2) is 24.3 Å². The highest BCUT2D eigenvalue weighted by atomic mass is 16.5. The highest BCUT2D eigenvalue weighted by Crippen LogP contribution is 2.18. The smallest absolute Gasteiger partial charge is 0.119 e. The molecule has 0 saturated carbocycles. The van der Waals surface area contributed by atoms with Crippen LogP contribution >= 0.6 is 0 Å². The van der Waals surface area contributed by atoms with Gasteiger partial charge in [-0.3, -0.25) is 4.90 Å². The molecule has 0 aliphatic carbocycles. The number of benzene rings is 1. The highest BCUT2D eigenvalue weighted by Gasteiger charge is 2.18. The van der Waals surface area contributed by atoms with Crippen molar-refractivity contribution in [2.75, 3.05) is 46.4 Å². The lowest BCUT2D eigenvalue weighted by atomic mass is 9.97. The Bertz CT molecular complexity index is 386. The molecular formula is C17H28N2O2. The van der Waals surface area contributed by atoms with E-state index < -0.39 is 0 Å². The van der Waals surface area contributed by atoms with Gasteiger partial charge in [0.15, 0.2) is 0 Å². The molecule has 1 aliphatic rings. The van der Waals surface area contributed by atoms with Gasteiger partial charge in [-0.25, -0.2) is 0 Å². The van der Waals surface area contributed by atoms with E-state index in [1.165, 1.54) is 32.5 Å². The lowest BCUT2D eigenvalue weighted by molar-refractivity contribution is 0.154. The summed E-state index contributed by atoms with van der Waals surface area (Å²) in [4.78, 5) is 2.51. The normalized spacial score (nSPS) is 16.9. The van der Waals surface area contributed by atoms with Crippen molar-refractivity contribution in [1.82, 2.24) is 10.2 Å². The first-order chi connectivity index (χ1) is 10.3. The zero-order valence-corrected chi connectivity index (χ0v) is 13.3. The minimum absolute atomic E-state index is 0.754. The van der Waals surface area contributed by atoms with Gasteiger partial charge >= 0.3 is 0 Å². The number of nitrogens with one attached hydrogen (secondary N) is 1. The summed E-state index contributed by atoms with van der Waals surface area (Å²) in [5, 5.41) is 3.45. The van der Waals surface area contributed by atoms with E-state index in [2.05, 4.69) is 17.1 Å². The number of nitrogens with zero attached hydrogens (tertiary/aromatic N) is 1. The Morgan fingerprint density at radius 3 is 2.43 bits per heavy atom. The van der Waals surface area contributed by atoms with Crippen molar-refractivity contribution in [3.05, 3.63) is 24.3 Å². The molecule has 1 saturated heterocycles. The molecule has 0 spiro atoms. The summed E-state index contributed by atoms with van der Waals surface area (Å²) in [7, 11) is 1.68. The molecular weight excluding hydrogens is 264 g/mol. The maximum atomic E-state index is 5.79. The topological polar surface area (TPSA) is 33.7 Å².